The fraction of sp³-hybridized carbons (Fsp3) is 0.429. The first-order chi connectivity index (χ1) is 8.27. The van der Waals surface area contributed by atoms with E-state index in [9.17, 15) is 0 Å². The van der Waals surface area contributed by atoms with E-state index in [4.69, 9.17) is 11.2 Å². The van der Waals surface area contributed by atoms with Crippen LogP contribution in [-0.2, 0) is 0 Å². The van der Waals surface area contributed by atoms with Gasteiger partial charge in [-0.25, -0.2) is 0 Å². The molecule has 1 unspecified atom stereocenters. The molecule has 3 heteroatoms. The Morgan fingerprint density at radius 3 is 3.06 bits per heavy atom. The Labute approximate surface area is 108 Å². The minimum atomic E-state index is 0.330. The predicted molar refractivity (Wildman–Crippen MR) is 75.6 cm³/mol. The van der Waals surface area contributed by atoms with Crippen LogP contribution in [0.2, 0.25) is 0 Å². The largest absolute Gasteiger partial charge is 0.497 e. The molecule has 1 N–H and O–H groups in total. The van der Waals surface area contributed by atoms with Gasteiger partial charge in [-0.2, -0.15) is 0 Å². The summed E-state index contributed by atoms with van der Waals surface area (Å²) in [6, 6.07) is 8.47. The maximum atomic E-state index is 5.21. The second-order valence-electron chi connectivity index (χ2n) is 3.71. The van der Waals surface area contributed by atoms with E-state index in [0.29, 0.717) is 6.04 Å². The van der Waals surface area contributed by atoms with Crippen LogP contribution in [-0.4, -0.2) is 25.2 Å². The van der Waals surface area contributed by atoms with Crippen LogP contribution in [0.3, 0.4) is 0 Å². The Morgan fingerprint density at radius 2 is 2.35 bits per heavy atom. The molecule has 0 spiro atoms. The topological polar surface area (TPSA) is 21.3 Å². The zero-order chi connectivity index (χ0) is 12.5. The number of thioether (sulfide) groups is 1. The molecule has 0 aliphatic carbocycles. The van der Waals surface area contributed by atoms with E-state index >= 15 is 0 Å². The number of rotatable bonds is 7. The Hall–Kier alpha value is -1.11. The molecule has 92 valence electrons. The highest BCUT2D eigenvalue weighted by Gasteiger charge is 2.04. The molecule has 2 nitrogen and oxygen atoms in total. The maximum Gasteiger partial charge on any atom is 0.119 e. The van der Waals surface area contributed by atoms with Crippen LogP contribution in [0.4, 0.5) is 0 Å². The molecule has 1 aromatic rings. The van der Waals surface area contributed by atoms with E-state index in [2.05, 4.69) is 30.3 Å². The minimum Gasteiger partial charge on any atom is -0.497 e. The van der Waals surface area contributed by atoms with Crippen LogP contribution in [0.5, 0.6) is 5.75 Å². The molecule has 0 fully saturated rings. The van der Waals surface area contributed by atoms with E-state index in [0.717, 1.165) is 23.8 Å². The van der Waals surface area contributed by atoms with Gasteiger partial charge in [-0.1, -0.05) is 18.1 Å². The lowest BCUT2D eigenvalue weighted by molar-refractivity contribution is 0.413. The fourth-order valence-electron chi connectivity index (χ4n) is 1.51. The molecule has 0 aromatic heterocycles. The van der Waals surface area contributed by atoms with Crippen molar-refractivity contribution in [1.29, 1.82) is 0 Å². The number of methoxy groups -OCH3 is 1. The van der Waals surface area contributed by atoms with E-state index in [-0.39, 0.29) is 0 Å². The molecule has 17 heavy (non-hydrogen) atoms. The second kappa shape index (κ2) is 8.05. The molecule has 0 heterocycles. The van der Waals surface area contributed by atoms with Gasteiger partial charge in [-0.05, 0) is 24.6 Å². The van der Waals surface area contributed by atoms with E-state index in [1.54, 1.807) is 18.9 Å². The SMILES string of the molecule is C#CCSCCNC(C)c1cccc(OC)c1. The van der Waals surface area contributed by atoms with Crippen molar-refractivity contribution in [3.8, 4) is 18.1 Å². The zero-order valence-corrected chi connectivity index (χ0v) is 11.2. The summed E-state index contributed by atoms with van der Waals surface area (Å²) in [5.41, 5.74) is 1.24. The number of benzene rings is 1. The number of hydrogen-bond acceptors (Lipinski definition) is 3. The molecule has 0 aliphatic rings. The Kier molecular flexibility index (Phi) is 6.61. The van der Waals surface area contributed by atoms with Crippen molar-refractivity contribution in [2.24, 2.45) is 0 Å². The summed E-state index contributed by atoms with van der Waals surface area (Å²) in [7, 11) is 1.69. The van der Waals surface area contributed by atoms with Gasteiger partial charge in [-0.15, -0.1) is 18.2 Å². The van der Waals surface area contributed by atoms with E-state index in [1.807, 2.05) is 12.1 Å². The first-order valence-corrected chi connectivity index (χ1v) is 6.82. The normalized spacial score (nSPS) is 11.8. The zero-order valence-electron chi connectivity index (χ0n) is 10.4. The lowest BCUT2D eigenvalue weighted by atomic mass is 10.1. The molecule has 0 aliphatic heterocycles. The summed E-state index contributed by atoms with van der Waals surface area (Å²) in [5, 5.41) is 3.46. The molecule has 0 bridgehead atoms. The van der Waals surface area contributed by atoms with E-state index < -0.39 is 0 Å². The van der Waals surface area contributed by atoms with Gasteiger partial charge in [-0.3, -0.25) is 0 Å². The lowest BCUT2D eigenvalue weighted by Crippen LogP contribution is -2.21. The van der Waals surface area contributed by atoms with Crippen molar-refractivity contribution < 1.29 is 4.74 Å². The van der Waals surface area contributed by atoms with Crippen molar-refractivity contribution in [3.63, 3.8) is 0 Å². The van der Waals surface area contributed by atoms with Crippen molar-refractivity contribution in [3.05, 3.63) is 29.8 Å². The van der Waals surface area contributed by atoms with Crippen molar-refractivity contribution in [2.75, 3.05) is 25.2 Å². The lowest BCUT2D eigenvalue weighted by Gasteiger charge is -2.14. The summed E-state index contributed by atoms with van der Waals surface area (Å²) in [4.78, 5) is 0. The van der Waals surface area contributed by atoms with Gasteiger partial charge in [0.2, 0.25) is 0 Å². The molecule has 0 saturated carbocycles. The van der Waals surface area contributed by atoms with Gasteiger partial charge < -0.3 is 10.1 Å². The smallest absolute Gasteiger partial charge is 0.119 e. The third-order valence-corrected chi connectivity index (χ3v) is 3.34. The van der Waals surface area contributed by atoms with Gasteiger partial charge in [0.15, 0.2) is 0 Å². The van der Waals surface area contributed by atoms with Crippen LogP contribution in [0, 0.1) is 12.3 Å². The van der Waals surface area contributed by atoms with Gasteiger partial charge in [0.25, 0.3) is 0 Å². The quantitative estimate of drug-likeness (QED) is 0.593. The van der Waals surface area contributed by atoms with Crippen molar-refractivity contribution in [1.82, 2.24) is 5.32 Å². The molecule has 1 atom stereocenters. The third-order valence-electron chi connectivity index (χ3n) is 2.48. The monoisotopic (exact) mass is 249 g/mol. The summed E-state index contributed by atoms with van der Waals surface area (Å²) in [6.07, 6.45) is 5.19. The number of terminal acetylenes is 1. The molecule has 0 radical (unpaired) electrons. The minimum absolute atomic E-state index is 0.330. The van der Waals surface area contributed by atoms with Crippen molar-refractivity contribution >= 4 is 11.8 Å². The Bertz CT molecular complexity index is 373. The average molecular weight is 249 g/mol. The average Bonchev–Trinajstić information content (AvgIpc) is 2.38. The molecule has 0 amide bonds. The molecular formula is C14H19NOS. The summed E-state index contributed by atoms with van der Waals surface area (Å²) >= 11 is 1.77. The van der Waals surface area contributed by atoms with Crippen molar-refractivity contribution in [2.45, 2.75) is 13.0 Å². The van der Waals surface area contributed by atoms with E-state index in [1.165, 1.54) is 5.56 Å². The fourth-order valence-corrected chi connectivity index (χ4v) is 2.03. The van der Waals surface area contributed by atoms with Crippen LogP contribution in [0.25, 0.3) is 0 Å². The summed E-state index contributed by atoms with van der Waals surface area (Å²) in [6.45, 7) is 3.12. The first-order valence-electron chi connectivity index (χ1n) is 5.66. The first kappa shape index (κ1) is 14.0. The number of hydrogen-bond donors (Lipinski definition) is 1. The molecule has 0 saturated heterocycles. The predicted octanol–water partition coefficient (Wildman–Crippen LogP) is 2.71. The molecule has 1 rings (SSSR count). The molecular weight excluding hydrogens is 230 g/mol. The van der Waals surface area contributed by atoms with Crippen LogP contribution >= 0.6 is 11.8 Å². The highest BCUT2D eigenvalue weighted by Crippen LogP contribution is 2.18. The Balaban J connectivity index is 2.36. The second-order valence-corrected chi connectivity index (χ2v) is 4.81. The van der Waals surface area contributed by atoms with Gasteiger partial charge in [0.05, 0.1) is 12.9 Å². The van der Waals surface area contributed by atoms with Crippen LogP contribution < -0.4 is 10.1 Å². The summed E-state index contributed by atoms with van der Waals surface area (Å²) in [5.74, 6) is 5.35. The highest BCUT2D eigenvalue weighted by atomic mass is 32.2. The van der Waals surface area contributed by atoms with Crippen LogP contribution in [0.1, 0.15) is 18.5 Å². The van der Waals surface area contributed by atoms with Gasteiger partial charge >= 0.3 is 0 Å². The molecule has 1 aromatic carbocycles. The summed E-state index contributed by atoms with van der Waals surface area (Å²) < 4.78 is 5.21. The number of nitrogens with one attached hydrogen (secondary N) is 1. The highest BCUT2D eigenvalue weighted by molar-refractivity contribution is 7.99. The third kappa shape index (κ3) is 5.16. The number of ether oxygens (including phenoxy) is 1. The standard InChI is InChI=1S/C14H19NOS/c1-4-9-17-10-8-15-12(2)13-6-5-7-14(11-13)16-3/h1,5-7,11-12,15H,8-10H2,2-3H3. The maximum absolute atomic E-state index is 5.21. The van der Waals surface area contributed by atoms with Gasteiger partial charge in [0, 0.05) is 18.3 Å². The Morgan fingerprint density at radius 1 is 1.53 bits per heavy atom. The van der Waals surface area contributed by atoms with Gasteiger partial charge in [0.1, 0.15) is 5.75 Å². The van der Waals surface area contributed by atoms with Crippen LogP contribution in [0.15, 0.2) is 24.3 Å².